The first kappa shape index (κ1) is 10.9. The summed E-state index contributed by atoms with van der Waals surface area (Å²) in [6.45, 7) is 1.98. The predicted molar refractivity (Wildman–Crippen MR) is 60.5 cm³/mol. The van der Waals surface area contributed by atoms with Crippen LogP contribution in [-0.4, -0.2) is 11.4 Å². The van der Waals surface area contributed by atoms with Gasteiger partial charge in [-0.2, -0.15) is 0 Å². The molecule has 0 bridgehead atoms. The third-order valence-electron chi connectivity index (χ3n) is 3.11. The quantitative estimate of drug-likeness (QED) is 0.753. The Bertz CT molecular complexity index is 427. The Hall–Kier alpha value is -1.58. The molecular weight excluding hydrogens is 207 g/mol. The Labute approximate surface area is 93.8 Å². The van der Waals surface area contributed by atoms with Crippen LogP contribution in [0.1, 0.15) is 36.5 Å². The molecule has 0 heterocycles. The van der Waals surface area contributed by atoms with Gasteiger partial charge >= 0.3 is 0 Å². The van der Waals surface area contributed by atoms with Crippen LogP contribution in [-0.2, 0) is 0 Å². The summed E-state index contributed by atoms with van der Waals surface area (Å²) >= 11 is 0. The highest BCUT2D eigenvalue weighted by atomic mass is 19.1. The standard InChI is InChI=1S/C12H15FN2O/c1-12(5-2-6-12)15-11(16)9-4-3-8(14)7-10(9)13/h3-4,7H,2,5-6,14H2,1H3,(H,15,16). The smallest absolute Gasteiger partial charge is 0.254 e. The molecule has 1 aliphatic rings. The van der Waals surface area contributed by atoms with Gasteiger partial charge in [-0.1, -0.05) is 0 Å². The third kappa shape index (κ3) is 2.01. The van der Waals surface area contributed by atoms with Gasteiger partial charge in [-0.15, -0.1) is 0 Å². The number of hydrogen-bond donors (Lipinski definition) is 2. The molecule has 3 nitrogen and oxygen atoms in total. The van der Waals surface area contributed by atoms with Crippen molar-refractivity contribution in [2.45, 2.75) is 31.7 Å². The Morgan fingerprint density at radius 1 is 1.50 bits per heavy atom. The van der Waals surface area contributed by atoms with E-state index >= 15 is 0 Å². The van der Waals surface area contributed by atoms with E-state index in [1.807, 2.05) is 6.92 Å². The van der Waals surface area contributed by atoms with Gasteiger partial charge in [0.05, 0.1) is 5.56 Å². The minimum Gasteiger partial charge on any atom is -0.399 e. The van der Waals surface area contributed by atoms with Crippen LogP contribution in [0.4, 0.5) is 10.1 Å². The number of anilines is 1. The summed E-state index contributed by atoms with van der Waals surface area (Å²) in [5, 5.41) is 2.85. The number of nitrogen functional groups attached to an aromatic ring is 1. The average Bonchev–Trinajstić information content (AvgIpc) is 2.14. The van der Waals surface area contributed by atoms with Crippen LogP contribution in [0.25, 0.3) is 0 Å². The third-order valence-corrected chi connectivity index (χ3v) is 3.11. The fraction of sp³-hybridized carbons (Fsp3) is 0.417. The Morgan fingerprint density at radius 3 is 2.69 bits per heavy atom. The first-order valence-corrected chi connectivity index (χ1v) is 5.38. The molecular formula is C12H15FN2O. The van der Waals surface area contributed by atoms with Crippen LogP contribution in [0.2, 0.25) is 0 Å². The van der Waals surface area contributed by atoms with Gasteiger partial charge in [0.2, 0.25) is 0 Å². The fourth-order valence-corrected chi connectivity index (χ4v) is 1.89. The number of hydrogen-bond acceptors (Lipinski definition) is 2. The topological polar surface area (TPSA) is 55.1 Å². The van der Waals surface area contributed by atoms with Gasteiger partial charge in [-0.3, -0.25) is 4.79 Å². The van der Waals surface area contributed by atoms with Gasteiger partial charge in [0.25, 0.3) is 5.91 Å². The zero-order chi connectivity index (χ0) is 11.8. The first-order chi connectivity index (χ1) is 7.50. The highest BCUT2D eigenvalue weighted by Gasteiger charge is 2.33. The molecule has 0 aromatic heterocycles. The molecule has 0 aliphatic heterocycles. The molecule has 1 aromatic rings. The van der Waals surface area contributed by atoms with E-state index in [-0.39, 0.29) is 17.0 Å². The summed E-state index contributed by atoms with van der Waals surface area (Å²) in [5.74, 6) is -0.930. The van der Waals surface area contributed by atoms with Gasteiger partial charge < -0.3 is 11.1 Å². The van der Waals surface area contributed by atoms with Crippen LogP contribution >= 0.6 is 0 Å². The molecule has 1 aromatic carbocycles. The lowest BCUT2D eigenvalue weighted by molar-refractivity contribution is 0.0846. The minimum atomic E-state index is -0.569. The van der Waals surface area contributed by atoms with Gasteiger partial charge in [0.1, 0.15) is 5.82 Å². The summed E-state index contributed by atoms with van der Waals surface area (Å²) in [7, 11) is 0. The summed E-state index contributed by atoms with van der Waals surface area (Å²) in [6.07, 6.45) is 3.02. The van der Waals surface area contributed by atoms with E-state index in [2.05, 4.69) is 5.32 Å². The summed E-state index contributed by atoms with van der Waals surface area (Å²) in [5.41, 5.74) is 5.64. The van der Waals surface area contributed by atoms with Crippen LogP contribution in [0.15, 0.2) is 18.2 Å². The van der Waals surface area contributed by atoms with Crippen molar-refractivity contribution in [1.29, 1.82) is 0 Å². The molecule has 16 heavy (non-hydrogen) atoms. The van der Waals surface area contributed by atoms with Crippen molar-refractivity contribution < 1.29 is 9.18 Å². The van der Waals surface area contributed by atoms with Crippen molar-refractivity contribution in [3.8, 4) is 0 Å². The van der Waals surface area contributed by atoms with E-state index in [0.717, 1.165) is 25.3 Å². The molecule has 4 heteroatoms. The fourth-order valence-electron chi connectivity index (χ4n) is 1.89. The number of carbonyl (C=O) groups is 1. The second-order valence-corrected chi connectivity index (χ2v) is 4.61. The Balaban J connectivity index is 2.14. The molecule has 0 atom stereocenters. The van der Waals surface area contributed by atoms with Crippen molar-refractivity contribution in [2.24, 2.45) is 0 Å². The van der Waals surface area contributed by atoms with Crippen LogP contribution in [0, 0.1) is 5.82 Å². The van der Waals surface area contributed by atoms with E-state index in [0.29, 0.717) is 5.69 Å². The highest BCUT2D eigenvalue weighted by Crippen LogP contribution is 2.31. The normalized spacial score (nSPS) is 17.6. The molecule has 0 unspecified atom stereocenters. The van der Waals surface area contributed by atoms with Crippen molar-refractivity contribution in [2.75, 3.05) is 5.73 Å². The molecule has 0 saturated heterocycles. The van der Waals surface area contributed by atoms with Crippen LogP contribution in [0.5, 0.6) is 0 Å². The van der Waals surface area contributed by atoms with Crippen molar-refractivity contribution in [3.63, 3.8) is 0 Å². The minimum absolute atomic E-state index is 0.0577. The number of halogens is 1. The Morgan fingerprint density at radius 2 is 2.19 bits per heavy atom. The summed E-state index contributed by atoms with van der Waals surface area (Å²) in [4.78, 5) is 11.8. The van der Waals surface area contributed by atoms with Crippen molar-refractivity contribution in [1.82, 2.24) is 5.32 Å². The second-order valence-electron chi connectivity index (χ2n) is 4.61. The van der Waals surface area contributed by atoms with Gasteiger partial charge in [-0.25, -0.2) is 4.39 Å². The van der Waals surface area contributed by atoms with Gasteiger partial charge in [0.15, 0.2) is 0 Å². The SMILES string of the molecule is CC1(NC(=O)c2ccc(N)cc2F)CCC1. The number of nitrogens with one attached hydrogen (secondary N) is 1. The lowest BCUT2D eigenvalue weighted by atomic mass is 9.78. The maximum Gasteiger partial charge on any atom is 0.254 e. The molecule has 0 radical (unpaired) electrons. The summed E-state index contributed by atoms with van der Waals surface area (Å²) < 4.78 is 13.5. The second kappa shape index (κ2) is 3.77. The number of amides is 1. The molecule has 1 saturated carbocycles. The monoisotopic (exact) mass is 222 g/mol. The van der Waals surface area contributed by atoms with Gasteiger partial charge in [0, 0.05) is 11.2 Å². The average molecular weight is 222 g/mol. The molecule has 2 rings (SSSR count). The predicted octanol–water partition coefficient (Wildman–Crippen LogP) is 2.08. The number of benzene rings is 1. The lowest BCUT2D eigenvalue weighted by Gasteiger charge is -2.39. The maximum atomic E-state index is 13.5. The Kier molecular flexibility index (Phi) is 2.58. The lowest BCUT2D eigenvalue weighted by Crippen LogP contribution is -2.51. The number of carbonyl (C=O) groups excluding carboxylic acids is 1. The summed E-state index contributed by atoms with van der Waals surface area (Å²) in [6, 6.07) is 4.11. The molecule has 1 fully saturated rings. The molecule has 1 amide bonds. The zero-order valence-electron chi connectivity index (χ0n) is 9.22. The molecule has 86 valence electrons. The molecule has 0 spiro atoms. The van der Waals surface area contributed by atoms with Crippen LogP contribution < -0.4 is 11.1 Å². The number of rotatable bonds is 2. The largest absolute Gasteiger partial charge is 0.399 e. The number of nitrogens with two attached hydrogens (primary N) is 1. The van der Waals surface area contributed by atoms with E-state index in [9.17, 15) is 9.18 Å². The molecule has 3 N–H and O–H groups in total. The first-order valence-electron chi connectivity index (χ1n) is 5.38. The highest BCUT2D eigenvalue weighted by molar-refractivity contribution is 5.95. The van der Waals surface area contributed by atoms with Crippen molar-refractivity contribution >= 4 is 11.6 Å². The van der Waals surface area contributed by atoms with E-state index in [1.165, 1.54) is 12.1 Å². The van der Waals surface area contributed by atoms with Gasteiger partial charge in [-0.05, 0) is 44.4 Å². The molecule has 1 aliphatic carbocycles. The van der Waals surface area contributed by atoms with Crippen LogP contribution in [0.3, 0.4) is 0 Å². The maximum absolute atomic E-state index is 13.5. The van der Waals surface area contributed by atoms with E-state index in [1.54, 1.807) is 0 Å². The zero-order valence-corrected chi connectivity index (χ0v) is 9.22. The van der Waals surface area contributed by atoms with E-state index < -0.39 is 5.82 Å². The van der Waals surface area contributed by atoms with E-state index in [4.69, 9.17) is 5.73 Å². The van der Waals surface area contributed by atoms with Crippen molar-refractivity contribution in [3.05, 3.63) is 29.6 Å².